The maximum absolute atomic E-state index is 5.81. The molecule has 0 radical (unpaired) electrons. The summed E-state index contributed by atoms with van der Waals surface area (Å²) in [5.41, 5.74) is 4.12. The standard InChI is InChI=1S/C25H22N4OS/c1-30-22-13-6-5-12-21(22)29-24(23(27-25(29)31)20-11-7-8-15-26-20)18-14-16-28(17-18)19-9-3-2-4-10-19/h2-17,23-24H,1H3,(H,27,31)/t23-,24+/m1/s1. The summed E-state index contributed by atoms with van der Waals surface area (Å²) in [6.45, 7) is 0. The Bertz CT molecular complexity index is 1190. The van der Waals surface area contributed by atoms with Crippen molar-refractivity contribution in [3.05, 3.63) is 109 Å². The molecule has 2 atom stereocenters. The summed E-state index contributed by atoms with van der Waals surface area (Å²) >= 11 is 5.81. The van der Waals surface area contributed by atoms with Crippen molar-refractivity contribution in [2.45, 2.75) is 12.1 Å². The van der Waals surface area contributed by atoms with Gasteiger partial charge in [0.2, 0.25) is 0 Å². The Labute approximate surface area is 186 Å². The lowest BCUT2D eigenvalue weighted by atomic mass is 9.98. The van der Waals surface area contributed by atoms with Crippen LogP contribution < -0.4 is 15.0 Å². The van der Waals surface area contributed by atoms with E-state index in [2.05, 4.69) is 50.4 Å². The van der Waals surface area contributed by atoms with Crippen LogP contribution in [0.5, 0.6) is 5.75 Å². The topological polar surface area (TPSA) is 42.3 Å². The number of ether oxygens (including phenoxy) is 1. The molecule has 5 nitrogen and oxygen atoms in total. The van der Waals surface area contributed by atoms with Crippen LogP contribution in [0.15, 0.2) is 97.5 Å². The first-order valence-electron chi connectivity index (χ1n) is 10.1. The van der Waals surface area contributed by atoms with Crippen molar-refractivity contribution in [1.29, 1.82) is 0 Å². The highest BCUT2D eigenvalue weighted by Gasteiger charge is 2.42. The third-order valence-electron chi connectivity index (χ3n) is 5.55. The highest BCUT2D eigenvalue weighted by atomic mass is 32.1. The van der Waals surface area contributed by atoms with E-state index in [1.54, 1.807) is 7.11 Å². The molecule has 0 saturated carbocycles. The number of pyridine rings is 1. The maximum atomic E-state index is 5.81. The molecule has 31 heavy (non-hydrogen) atoms. The second kappa shape index (κ2) is 8.24. The molecular weight excluding hydrogens is 404 g/mol. The van der Waals surface area contributed by atoms with Gasteiger partial charge in [-0.1, -0.05) is 36.4 Å². The van der Waals surface area contributed by atoms with Crippen LogP contribution in [-0.2, 0) is 0 Å². The molecule has 0 spiro atoms. The fourth-order valence-electron chi connectivity index (χ4n) is 4.13. The smallest absolute Gasteiger partial charge is 0.174 e. The van der Waals surface area contributed by atoms with Crippen LogP contribution in [0, 0.1) is 0 Å². The predicted octanol–water partition coefficient (Wildman–Crippen LogP) is 5.06. The molecule has 154 valence electrons. The number of nitrogens with zero attached hydrogens (tertiary/aromatic N) is 3. The zero-order valence-electron chi connectivity index (χ0n) is 17.1. The summed E-state index contributed by atoms with van der Waals surface area (Å²) in [5.74, 6) is 0.779. The average Bonchev–Trinajstić information content (AvgIpc) is 3.45. The number of nitrogens with one attached hydrogen (secondary N) is 1. The van der Waals surface area contributed by atoms with Gasteiger partial charge in [-0.25, -0.2) is 0 Å². The van der Waals surface area contributed by atoms with Crippen molar-refractivity contribution in [3.8, 4) is 11.4 Å². The Morgan fingerprint density at radius 1 is 0.935 bits per heavy atom. The van der Waals surface area contributed by atoms with Crippen molar-refractivity contribution in [2.75, 3.05) is 12.0 Å². The van der Waals surface area contributed by atoms with Gasteiger partial charge in [0.05, 0.1) is 30.6 Å². The van der Waals surface area contributed by atoms with E-state index in [1.807, 2.05) is 66.9 Å². The van der Waals surface area contributed by atoms with E-state index in [1.165, 1.54) is 0 Å². The second-order valence-corrected chi connectivity index (χ2v) is 7.74. The first-order chi connectivity index (χ1) is 15.3. The first kappa shape index (κ1) is 19.3. The molecule has 1 N–H and O–H groups in total. The SMILES string of the molecule is COc1ccccc1N1C(=S)N[C@H](c2ccccn2)[C@@H]1c1ccn(-c2ccccc2)c1. The van der Waals surface area contributed by atoms with E-state index in [4.69, 9.17) is 17.0 Å². The van der Waals surface area contributed by atoms with Gasteiger partial charge in [0.15, 0.2) is 5.11 Å². The molecule has 4 aromatic rings. The lowest BCUT2D eigenvalue weighted by Gasteiger charge is -2.28. The van der Waals surface area contributed by atoms with Gasteiger partial charge in [-0.2, -0.15) is 0 Å². The molecule has 5 rings (SSSR count). The molecule has 3 heterocycles. The summed E-state index contributed by atoms with van der Waals surface area (Å²) in [6.07, 6.45) is 6.06. The van der Waals surface area contributed by atoms with Crippen LogP contribution in [0.25, 0.3) is 5.69 Å². The number of aromatic nitrogens is 2. The van der Waals surface area contributed by atoms with E-state index in [-0.39, 0.29) is 12.1 Å². The van der Waals surface area contributed by atoms with Gasteiger partial charge < -0.3 is 19.5 Å². The summed E-state index contributed by atoms with van der Waals surface area (Å²) in [4.78, 5) is 6.76. The number of hydrogen-bond acceptors (Lipinski definition) is 3. The molecule has 6 heteroatoms. The van der Waals surface area contributed by atoms with Crippen molar-refractivity contribution in [1.82, 2.24) is 14.9 Å². The van der Waals surface area contributed by atoms with Crippen molar-refractivity contribution < 1.29 is 4.74 Å². The summed E-state index contributed by atoms with van der Waals surface area (Å²) in [5, 5.41) is 4.15. The molecule has 2 aromatic carbocycles. The van der Waals surface area contributed by atoms with Gasteiger partial charge in [-0.05, 0) is 60.2 Å². The maximum Gasteiger partial charge on any atom is 0.174 e. The summed E-state index contributed by atoms with van der Waals surface area (Å²) in [7, 11) is 1.68. The molecule has 0 unspecified atom stereocenters. The lowest BCUT2D eigenvalue weighted by molar-refractivity contribution is 0.414. The van der Waals surface area contributed by atoms with Crippen LogP contribution in [0.2, 0.25) is 0 Å². The van der Waals surface area contributed by atoms with E-state index in [0.717, 1.165) is 28.4 Å². The number of benzene rings is 2. The monoisotopic (exact) mass is 426 g/mol. The Balaban J connectivity index is 1.63. The van der Waals surface area contributed by atoms with E-state index in [0.29, 0.717) is 5.11 Å². The van der Waals surface area contributed by atoms with Crippen LogP contribution >= 0.6 is 12.2 Å². The van der Waals surface area contributed by atoms with Crippen LogP contribution in [0.1, 0.15) is 23.3 Å². The fraction of sp³-hybridized carbons (Fsp3) is 0.120. The number of methoxy groups -OCH3 is 1. The predicted molar refractivity (Wildman–Crippen MR) is 127 cm³/mol. The molecule has 0 amide bonds. The average molecular weight is 427 g/mol. The molecular formula is C25H22N4OS. The van der Waals surface area contributed by atoms with Crippen molar-refractivity contribution in [2.24, 2.45) is 0 Å². The fourth-order valence-corrected chi connectivity index (χ4v) is 4.47. The van der Waals surface area contributed by atoms with Gasteiger partial charge in [0, 0.05) is 24.3 Å². The minimum Gasteiger partial charge on any atom is -0.495 e. The third-order valence-corrected chi connectivity index (χ3v) is 5.87. The number of hydrogen-bond donors (Lipinski definition) is 1. The summed E-state index contributed by atoms with van der Waals surface area (Å²) < 4.78 is 7.79. The highest BCUT2D eigenvalue weighted by molar-refractivity contribution is 7.80. The zero-order valence-corrected chi connectivity index (χ0v) is 17.9. The van der Waals surface area contributed by atoms with Gasteiger partial charge >= 0.3 is 0 Å². The zero-order chi connectivity index (χ0) is 21.2. The van der Waals surface area contributed by atoms with Crippen LogP contribution in [0.3, 0.4) is 0 Å². The van der Waals surface area contributed by atoms with Gasteiger partial charge in [-0.15, -0.1) is 0 Å². The quantitative estimate of drug-likeness (QED) is 0.452. The third kappa shape index (κ3) is 3.55. The molecule has 1 aliphatic rings. The molecule has 1 fully saturated rings. The molecule has 1 saturated heterocycles. The largest absolute Gasteiger partial charge is 0.495 e. The Morgan fingerprint density at radius 2 is 1.71 bits per heavy atom. The molecule has 1 aliphatic heterocycles. The van der Waals surface area contributed by atoms with Crippen molar-refractivity contribution >= 4 is 23.0 Å². The number of para-hydroxylation sites is 3. The highest BCUT2D eigenvalue weighted by Crippen LogP contribution is 2.44. The lowest BCUT2D eigenvalue weighted by Crippen LogP contribution is -2.29. The minimum atomic E-state index is -0.0924. The van der Waals surface area contributed by atoms with E-state index in [9.17, 15) is 0 Å². The summed E-state index contributed by atoms with van der Waals surface area (Å²) in [6, 6.07) is 26.2. The Hall–Kier alpha value is -3.64. The van der Waals surface area contributed by atoms with Gasteiger partial charge in [0.25, 0.3) is 0 Å². The molecule has 0 bridgehead atoms. The Morgan fingerprint density at radius 3 is 2.48 bits per heavy atom. The van der Waals surface area contributed by atoms with E-state index < -0.39 is 0 Å². The normalized spacial score (nSPS) is 18.1. The van der Waals surface area contributed by atoms with Crippen LogP contribution in [0.4, 0.5) is 5.69 Å². The molecule has 2 aromatic heterocycles. The first-order valence-corrected chi connectivity index (χ1v) is 10.5. The Kier molecular flexibility index (Phi) is 5.14. The number of anilines is 1. The minimum absolute atomic E-state index is 0.0799. The number of rotatable bonds is 5. The van der Waals surface area contributed by atoms with E-state index >= 15 is 0 Å². The van der Waals surface area contributed by atoms with Crippen molar-refractivity contribution in [3.63, 3.8) is 0 Å². The number of thiocarbonyl (C=S) groups is 1. The second-order valence-electron chi connectivity index (χ2n) is 7.36. The molecule has 0 aliphatic carbocycles. The van der Waals surface area contributed by atoms with Crippen LogP contribution in [-0.4, -0.2) is 21.8 Å². The van der Waals surface area contributed by atoms with Gasteiger partial charge in [0.1, 0.15) is 5.75 Å². The van der Waals surface area contributed by atoms with Gasteiger partial charge in [-0.3, -0.25) is 4.98 Å².